The van der Waals surface area contributed by atoms with Crippen molar-refractivity contribution >= 4 is 11.6 Å². The number of aryl methyl sites for hydroxylation is 1. The summed E-state index contributed by atoms with van der Waals surface area (Å²) in [6, 6.07) is 3.69. The highest BCUT2D eigenvalue weighted by Gasteiger charge is 2.23. The van der Waals surface area contributed by atoms with E-state index in [1.807, 2.05) is 0 Å². The molecule has 0 aromatic carbocycles. The van der Waals surface area contributed by atoms with Crippen LogP contribution in [0.5, 0.6) is 11.9 Å². The van der Waals surface area contributed by atoms with Gasteiger partial charge < -0.3 is 14.6 Å². The molecule has 0 fully saturated rings. The number of pyridine rings is 2. The molecular weight excluding hydrogens is 510 g/mol. The van der Waals surface area contributed by atoms with Crippen molar-refractivity contribution in [1.82, 2.24) is 29.5 Å². The summed E-state index contributed by atoms with van der Waals surface area (Å²) < 4.78 is 38.9. The van der Waals surface area contributed by atoms with Crippen LogP contribution in [0.4, 0.5) is 8.78 Å². The molecule has 1 N–H and O–H groups in total. The lowest BCUT2D eigenvalue weighted by Crippen LogP contribution is -2.24. The van der Waals surface area contributed by atoms with Crippen LogP contribution in [0, 0.1) is 18.6 Å². The monoisotopic (exact) mass is 530 g/mol. The minimum Gasteiger partial charge on any atom is -0.470 e. The average Bonchev–Trinajstić information content (AvgIpc) is 2.86. The second-order valence-corrected chi connectivity index (χ2v) is 8.79. The molecule has 0 spiro atoms. The van der Waals surface area contributed by atoms with Crippen LogP contribution in [0.1, 0.15) is 30.9 Å². The van der Waals surface area contributed by atoms with Crippen molar-refractivity contribution in [3.8, 4) is 29.0 Å². The Hall–Kier alpha value is -4.03. The summed E-state index contributed by atoms with van der Waals surface area (Å²) in [6.45, 7) is 4.38. The van der Waals surface area contributed by atoms with Crippen LogP contribution >= 0.6 is 11.6 Å². The van der Waals surface area contributed by atoms with Crippen LogP contribution in [-0.2, 0) is 12.2 Å². The lowest BCUT2D eigenvalue weighted by atomic mass is 10.1. The summed E-state index contributed by atoms with van der Waals surface area (Å²) in [5, 5.41) is 9.86. The Morgan fingerprint density at radius 2 is 1.86 bits per heavy atom. The fourth-order valence-electron chi connectivity index (χ4n) is 3.28. The van der Waals surface area contributed by atoms with Gasteiger partial charge >= 0.3 is 6.01 Å². The number of methoxy groups -OCH3 is 1. The summed E-state index contributed by atoms with van der Waals surface area (Å²) in [4.78, 5) is 33.9. The highest BCUT2D eigenvalue weighted by atomic mass is 35.5. The number of aliphatic hydroxyl groups is 1. The zero-order valence-electron chi connectivity index (χ0n) is 20.2. The van der Waals surface area contributed by atoms with Crippen molar-refractivity contribution < 1.29 is 23.4 Å². The van der Waals surface area contributed by atoms with Crippen LogP contribution in [0.15, 0.2) is 41.6 Å². The molecule has 0 saturated carbocycles. The molecule has 192 valence electrons. The molecule has 0 unspecified atom stereocenters. The standard InChI is InChI=1S/C24H21ClF2N6O4/c1-12-9-29-16(15-5-6-28-22(31-15)24(2,3)35)8-18(12)33-21(34)19(25)20(32-23(33)36-4)37-11-17-14(27)7-13(26)10-30-17/h5-10,35H,11H2,1-4H3. The van der Waals surface area contributed by atoms with Gasteiger partial charge in [-0.3, -0.25) is 14.8 Å². The number of aromatic nitrogens is 6. The second-order valence-electron chi connectivity index (χ2n) is 8.41. The van der Waals surface area contributed by atoms with Crippen LogP contribution < -0.4 is 15.0 Å². The van der Waals surface area contributed by atoms with Crippen molar-refractivity contribution in [2.75, 3.05) is 7.11 Å². The number of ether oxygens (including phenoxy) is 2. The van der Waals surface area contributed by atoms with Crippen molar-refractivity contribution in [2.24, 2.45) is 0 Å². The number of halogens is 3. The molecule has 0 saturated heterocycles. The maximum atomic E-state index is 13.9. The first-order chi connectivity index (χ1) is 17.5. The summed E-state index contributed by atoms with van der Waals surface area (Å²) in [5.41, 5.74) is -0.468. The SMILES string of the molecule is COc1nc(OCc2ncc(F)cc2F)c(Cl)c(=O)n1-c1cc(-c2ccnc(C(C)(C)O)n2)ncc1C. The Morgan fingerprint density at radius 3 is 2.54 bits per heavy atom. The summed E-state index contributed by atoms with van der Waals surface area (Å²) in [5.74, 6) is -1.88. The van der Waals surface area contributed by atoms with E-state index < -0.39 is 34.4 Å². The molecule has 4 aromatic heterocycles. The van der Waals surface area contributed by atoms with Crippen molar-refractivity contribution in [3.63, 3.8) is 0 Å². The molecule has 0 radical (unpaired) electrons. The van der Waals surface area contributed by atoms with Crippen LogP contribution in [0.2, 0.25) is 5.02 Å². The van der Waals surface area contributed by atoms with Crippen molar-refractivity contribution in [2.45, 2.75) is 33.0 Å². The van der Waals surface area contributed by atoms with Gasteiger partial charge in [0.15, 0.2) is 16.7 Å². The molecule has 4 heterocycles. The first kappa shape index (κ1) is 26.0. The van der Waals surface area contributed by atoms with Crippen LogP contribution in [-0.4, -0.2) is 41.7 Å². The van der Waals surface area contributed by atoms with E-state index in [2.05, 4.69) is 24.9 Å². The quantitative estimate of drug-likeness (QED) is 0.382. The van der Waals surface area contributed by atoms with Gasteiger partial charge in [0.25, 0.3) is 5.56 Å². The smallest absolute Gasteiger partial charge is 0.307 e. The van der Waals surface area contributed by atoms with Crippen molar-refractivity contribution in [1.29, 1.82) is 0 Å². The van der Waals surface area contributed by atoms with Gasteiger partial charge in [-0.2, -0.15) is 4.98 Å². The molecule has 4 rings (SSSR count). The minimum atomic E-state index is -1.27. The van der Waals surface area contributed by atoms with Gasteiger partial charge in [0.1, 0.15) is 23.7 Å². The van der Waals surface area contributed by atoms with E-state index in [9.17, 15) is 18.7 Å². The number of hydrogen-bond acceptors (Lipinski definition) is 9. The fraction of sp³-hybridized carbons (Fsp3) is 0.250. The third-order valence-corrected chi connectivity index (χ3v) is 5.48. The van der Waals surface area contributed by atoms with E-state index >= 15 is 0 Å². The Labute approximate surface area is 214 Å². The molecule has 13 heteroatoms. The van der Waals surface area contributed by atoms with E-state index in [4.69, 9.17) is 21.1 Å². The topological polar surface area (TPSA) is 125 Å². The number of rotatable bonds is 7. The molecule has 0 aliphatic carbocycles. The van der Waals surface area contributed by atoms with E-state index in [0.29, 0.717) is 28.7 Å². The third kappa shape index (κ3) is 5.39. The summed E-state index contributed by atoms with van der Waals surface area (Å²) in [7, 11) is 1.30. The molecule has 0 bridgehead atoms. The van der Waals surface area contributed by atoms with Gasteiger partial charge in [0.05, 0.1) is 30.4 Å². The van der Waals surface area contributed by atoms with Gasteiger partial charge in [-0.1, -0.05) is 11.6 Å². The molecule has 0 aliphatic rings. The second kappa shape index (κ2) is 10.1. The molecule has 10 nitrogen and oxygen atoms in total. The zero-order valence-corrected chi connectivity index (χ0v) is 20.9. The van der Waals surface area contributed by atoms with Gasteiger partial charge in [-0.15, -0.1) is 0 Å². The molecule has 4 aromatic rings. The lowest BCUT2D eigenvalue weighted by Gasteiger charge is -2.17. The molecule has 0 atom stereocenters. The Bertz CT molecular complexity index is 1540. The molecule has 37 heavy (non-hydrogen) atoms. The maximum absolute atomic E-state index is 13.9. The van der Waals surface area contributed by atoms with Crippen molar-refractivity contribution in [3.05, 3.63) is 80.9 Å². The average molecular weight is 531 g/mol. The van der Waals surface area contributed by atoms with E-state index in [0.717, 1.165) is 10.8 Å². The Kier molecular flexibility index (Phi) is 7.14. The molecule has 0 aliphatic heterocycles. The first-order valence-electron chi connectivity index (χ1n) is 10.8. The molecular formula is C24H21ClF2N6O4. The lowest BCUT2D eigenvalue weighted by molar-refractivity contribution is 0.0688. The highest BCUT2D eigenvalue weighted by molar-refractivity contribution is 6.31. The van der Waals surface area contributed by atoms with E-state index in [-0.39, 0.29) is 23.4 Å². The predicted octanol–water partition coefficient (Wildman–Crippen LogP) is 3.53. The summed E-state index contributed by atoms with van der Waals surface area (Å²) in [6.07, 6.45) is 3.86. The van der Waals surface area contributed by atoms with E-state index in [1.54, 1.807) is 32.9 Å². The number of hydrogen-bond donors (Lipinski definition) is 1. The first-order valence-corrected chi connectivity index (χ1v) is 11.2. The van der Waals surface area contributed by atoms with E-state index in [1.165, 1.54) is 19.5 Å². The largest absolute Gasteiger partial charge is 0.470 e. The van der Waals surface area contributed by atoms with Crippen LogP contribution in [0.25, 0.3) is 17.1 Å². The van der Waals surface area contributed by atoms with Gasteiger partial charge in [0.2, 0.25) is 5.88 Å². The Balaban J connectivity index is 1.76. The van der Waals surface area contributed by atoms with Gasteiger partial charge in [-0.05, 0) is 38.5 Å². The van der Waals surface area contributed by atoms with Gasteiger partial charge in [0, 0.05) is 18.5 Å². The normalized spacial score (nSPS) is 11.5. The predicted molar refractivity (Wildman–Crippen MR) is 129 cm³/mol. The number of nitrogens with zero attached hydrogens (tertiary/aromatic N) is 6. The third-order valence-electron chi connectivity index (χ3n) is 5.16. The zero-order chi connectivity index (χ0) is 26.9. The molecule has 0 amide bonds. The highest BCUT2D eigenvalue weighted by Crippen LogP contribution is 2.28. The Morgan fingerprint density at radius 1 is 1.11 bits per heavy atom. The van der Waals surface area contributed by atoms with Gasteiger partial charge in [-0.25, -0.2) is 23.3 Å². The minimum absolute atomic E-state index is 0.169. The van der Waals surface area contributed by atoms with Crippen LogP contribution in [0.3, 0.4) is 0 Å². The summed E-state index contributed by atoms with van der Waals surface area (Å²) >= 11 is 6.27. The fourth-order valence-corrected chi connectivity index (χ4v) is 3.46. The maximum Gasteiger partial charge on any atom is 0.307 e.